The SMILES string of the molecule is CCCCCCCNC1(SCCCCCCC)SS1. The molecule has 0 atom stereocenters. The molecule has 0 bridgehead atoms. The van der Waals surface area contributed by atoms with Crippen LogP contribution in [0.2, 0.25) is 0 Å². The van der Waals surface area contributed by atoms with Gasteiger partial charge in [-0.25, -0.2) is 0 Å². The van der Waals surface area contributed by atoms with Crippen LogP contribution in [-0.4, -0.2) is 15.8 Å². The Morgan fingerprint density at radius 1 is 0.789 bits per heavy atom. The highest BCUT2D eigenvalue weighted by Crippen LogP contribution is 2.69. The van der Waals surface area contributed by atoms with E-state index < -0.39 is 0 Å². The van der Waals surface area contributed by atoms with Gasteiger partial charge in [0.15, 0.2) is 3.54 Å². The summed E-state index contributed by atoms with van der Waals surface area (Å²) in [7, 11) is 4.04. The van der Waals surface area contributed by atoms with Gasteiger partial charge in [-0.15, -0.1) is 11.8 Å². The third-order valence-electron chi connectivity index (χ3n) is 3.40. The summed E-state index contributed by atoms with van der Waals surface area (Å²) in [6, 6.07) is 0. The van der Waals surface area contributed by atoms with Crippen LogP contribution >= 0.6 is 33.3 Å². The lowest BCUT2D eigenvalue weighted by Crippen LogP contribution is -2.26. The lowest BCUT2D eigenvalue weighted by atomic mass is 10.1. The van der Waals surface area contributed by atoms with Crippen molar-refractivity contribution in [2.45, 2.75) is 81.6 Å². The molecule has 1 fully saturated rings. The van der Waals surface area contributed by atoms with Gasteiger partial charge in [0.2, 0.25) is 0 Å². The molecule has 0 amide bonds. The van der Waals surface area contributed by atoms with Gasteiger partial charge in [-0.3, -0.25) is 5.32 Å². The van der Waals surface area contributed by atoms with Crippen molar-refractivity contribution < 1.29 is 0 Å². The van der Waals surface area contributed by atoms with E-state index in [4.69, 9.17) is 0 Å². The average molecular weight is 322 g/mol. The summed E-state index contributed by atoms with van der Waals surface area (Å²) in [5.41, 5.74) is 0. The van der Waals surface area contributed by atoms with Crippen LogP contribution in [-0.2, 0) is 0 Å². The van der Waals surface area contributed by atoms with Crippen molar-refractivity contribution in [1.82, 2.24) is 5.32 Å². The lowest BCUT2D eigenvalue weighted by Gasteiger charge is -2.13. The molecule has 0 spiro atoms. The van der Waals surface area contributed by atoms with E-state index in [0.29, 0.717) is 3.54 Å². The Morgan fingerprint density at radius 3 is 1.95 bits per heavy atom. The molecule has 19 heavy (non-hydrogen) atoms. The first kappa shape index (κ1) is 18.1. The van der Waals surface area contributed by atoms with E-state index in [1.54, 1.807) is 0 Å². The van der Waals surface area contributed by atoms with Crippen molar-refractivity contribution in [3.05, 3.63) is 0 Å². The van der Waals surface area contributed by atoms with Gasteiger partial charge in [-0.05, 0) is 46.7 Å². The summed E-state index contributed by atoms with van der Waals surface area (Å²) in [5.74, 6) is 1.33. The standard InChI is InChI=1S/C15H31NS3/c1-3-5-7-9-11-13-16-15(18-19-15)17-14-12-10-8-6-4-2/h16H,3-14H2,1-2H3. The van der Waals surface area contributed by atoms with Gasteiger partial charge in [0, 0.05) is 0 Å². The second-order valence-corrected chi connectivity index (χ2v) is 9.97. The van der Waals surface area contributed by atoms with Crippen molar-refractivity contribution in [2.24, 2.45) is 0 Å². The molecule has 0 unspecified atom stereocenters. The average Bonchev–Trinajstić information content (AvgIpc) is 3.18. The normalized spacial score (nSPS) is 16.7. The van der Waals surface area contributed by atoms with E-state index in [0.717, 1.165) is 0 Å². The molecule has 0 aromatic carbocycles. The topological polar surface area (TPSA) is 12.0 Å². The molecule has 1 aliphatic heterocycles. The summed E-state index contributed by atoms with van der Waals surface area (Å²) in [6.45, 7) is 5.76. The Bertz CT molecular complexity index is 190. The number of unbranched alkanes of at least 4 members (excludes halogenated alkanes) is 8. The van der Waals surface area contributed by atoms with Crippen molar-refractivity contribution in [2.75, 3.05) is 12.3 Å². The minimum Gasteiger partial charge on any atom is -0.284 e. The van der Waals surface area contributed by atoms with Gasteiger partial charge in [-0.1, -0.05) is 65.2 Å². The number of nitrogens with one attached hydrogen (secondary N) is 1. The van der Waals surface area contributed by atoms with Crippen LogP contribution in [0, 0.1) is 0 Å². The molecular formula is C15H31NS3. The molecule has 4 heteroatoms. The van der Waals surface area contributed by atoms with Crippen molar-refractivity contribution in [3.8, 4) is 0 Å². The monoisotopic (exact) mass is 321 g/mol. The molecule has 1 heterocycles. The Morgan fingerprint density at radius 2 is 1.37 bits per heavy atom. The number of rotatable bonds is 14. The summed E-state index contributed by atoms with van der Waals surface area (Å²) in [4.78, 5) is 0. The highest BCUT2D eigenvalue weighted by atomic mass is 33.2. The maximum Gasteiger partial charge on any atom is 0.179 e. The zero-order valence-corrected chi connectivity index (χ0v) is 15.2. The highest BCUT2D eigenvalue weighted by molar-refractivity contribution is 8.97. The molecule has 0 radical (unpaired) electrons. The molecule has 114 valence electrons. The molecule has 0 aromatic rings. The Hall–Kier alpha value is 1.01. The molecular weight excluding hydrogens is 290 g/mol. The van der Waals surface area contributed by atoms with Crippen LogP contribution in [0.25, 0.3) is 0 Å². The van der Waals surface area contributed by atoms with Crippen LogP contribution in [0.4, 0.5) is 0 Å². The van der Waals surface area contributed by atoms with Crippen LogP contribution in [0.3, 0.4) is 0 Å². The summed E-state index contributed by atoms with van der Waals surface area (Å²) in [6.07, 6.45) is 13.9. The van der Waals surface area contributed by atoms with E-state index in [1.165, 1.54) is 76.5 Å². The third kappa shape index (κ3) is 9.54. The van der Waals surface area contributed by atoms with E-state index in [2.05, 4.69) is 30.9 Å². The highest BCUT2D eigenvalue weighted by Gasteiger charge is 2.46. The van der Waals surface area contributed by atoms with E-state index in [9.17, 15) is 0 Å². The van der Waals surface area contributed by atoms with Crippen LogP contribution in [0.1, 0.15) is 78.1 Å². The minimum atomic E-state index is 0.343. The van der Waals surface area contributed by atoms with Gasteiger partial charge >= 0.3 is 0 Å². The fourth-order valence-electron chi connectivity index (χ4n) is 2.08. The van der Waals surface area contributed by atoms with Crippen molar-refractivity contribution in [3.63, 3.8) is 0 Å². The van der Waals surface area contributed by atoms with Gasteiger partial charge < -0.3 is 0 Å². The fraction of sp³-hybridized carbons (Fsp3) is 1.00. The molecule has 0 aromatic heterocycles. The molecule has 1 N–H and O–H groups in total. The van der Waals surface area contributed by atoms with Crippen LogP contribution < -0.4 is 5.32 Å². The molecule has 0 saturated carbocycles. The molecule has 1 nitrogen and oxygen atoms in total. The first-order chi connectivity index (χ1) is 9.33. The van der Waals surface area contributed by atoms with Crippen molar-refractivity contribution in [1.29, 1.82) is 0 Å². The first-order valence-electron chi connectivity index (χ1n) is 8.09. The Kier molecular flexibility index (Phi) is 11.1. The molecule has 1 aliphatic rings. The first-order valence-corrected chi connectivity index (χ1v) is 11.2. The smallest absolute Gasteiger partial charge is 0.179 e. The third-order valence-corrected chi connectivity index (χ3v) is 8.51. The Balaban J connectivity index is 1.88. The van der Waals surface area contributed by atoms with Gasteiger partial charge in [0.1, 0.15) is 0 Å². The van der Waals surface area contributed by atoms with E-state index in [1.807, 2.05) is 21.6 Å². The Labute approximate surface area is 132 Å². The zero-order valence-electron chi connectivity index (χ0n) is 12.7. The minimum absolute atomic E-state index is 0.343. The van der Waals surface area contributed by atoms with E-state index >= 15 is 0 Å². The number of thioether (sulfide) groups is 1. The maximum atomic E-state index is 3.74. The van der Waals surface area contributed by atoms with Crippen LogP contribution in [0.15, 0.2) is 0 Å². The second kappa shape index (κ2) is 11.6. The van der Waals surface area contributed by atoms with Gasteiger partial charge in [0.25, 0.3) is 0 Å². The summed E-state index contributed by atoms with van der Waals surface area (Å²) >= 11 is 2.13. The quantitative estimate of drug-likeness (QED) is 0.175. The zero-order chi connectivity index (χ0) is 13.8. The van der Waals surface area contributed by atoms with E-state index in [-0.39, 0.29) is 0 Å². The largest absolute Gasteiger partial charge is 0.284 e. The summed E-state index contributed by atoms with van der Waals surface area (Å²) < 4.78 is 0.343. The second-order valence-electron chi connectivity index (χ2n) is 5.33. The number of hydrogen-bond acceptors (Lipinski definition) is 4. The predicted octanol–water partition coefficient (Wildman–Crippen LogP) is 6.26. The van der Waals surface area contributed by atoms with Gasteiger partial charge in [0.05, 0.1) is 0 Å². The fourth-order valence-corrected chi connectivity index (χ4v) is 5.93. The van der Waals surface area contributed by atoms with Crippen LogP contribution in [0.5, 0.6) is 0 Å². The summed E-state index contributed by atoms with van der Waals surface area (Å²) in [5, 5.41) is 3.74. The van der Waals surface area contributed by atoms with Gasteiger partial charge in [-0.2, -0.15) is 0 Å². The number of hydrogen-bond donors (Lipinski definition) is 1. The predicted molar refractivity (Wildman–Crippen MR) is 95.9 cm³/mol. The molecule has 0 aliphatic carbocycles. The van der Waals surface area contributed by atoms with Crippen molar-refractivity contribution >= 4 is 33.3 Å². The molecule has 1 saturated heterocycles. The maximum absolute atomic E-state index is 3.74. The lowest BCUT2D eigenvalue weighted by molar-refractivity contribution is 0.597. The molecule has 1 rings (SSSR count).